The van der Waals surface area contributed by atoms with Crippen LogP contribution in [0.15, 0.2) is 85.5 Å². The Hall–Kier alpha value is -3.87. The first-order valence-corrected chi connectivity index (χ1v) is 34.4. The first-order valence-electron chi connectivity index (χ1n) is 28.9. The van der Waals surface area contributed by atoms with E-state index in [0.717, 1.165) is 92.1 Å². The molecule has 4 aromatic heterocycles. The second-order valence-corrected chi connectivity index (χ2v) is 37.3. The van der Waals surface area contributed by atoms with Crippen molar-refractivity contribution in [3.8, 4) is 11.5 Å². The van der Waals surface area contributed by atoms with Crippen LogP contribution in [0.4, 0.5) is 0 Å². The van der Waals surface area contributed by atoms with Crippen molar-refractivity contribution in [3.05, 3.63) is 117 Å². The molecule has 77 heavy (non-hydrogen) atoms. The third-order valence-corrected chi connectivity index (χ3v) is 33.3. The summed E-state index contributed by atoms with van der Waals surface area (Å²) < 4.78 is 17.0. The number of pyridine rings is 2. The molecule has 1 N–H and O–H groups in total. The van der Waals surface area contributed by atoms with E-state index >= 15 is 0 Å². The molecule has 2 fully saturated rings. The number of benzene rings is 2. The van der Waals surface area contributed by atoms with Gasteiger partial charge in [0, 0.05) is 64.8 Å². The molecule has 8 rings (SSSR count). The van der Waals surface area contributed by atoms with Gasteiger partial charge < -0.3 is 27.8 Å². The molecule has 0 aliphatic carbocycles. The Labute approximate surface area is 480 Å². The number of likely N-dealkylation sites (tertiary alicyclic amines) is 2. The second-order valence-electron chi connectivity index (χ2n) is 24.8. The Bertz CT molecular complexity index is 2780. The fraction of sp³-hybridized carbons (Fsp3) is 0.578. The van der Waals surface area contributed by atoms with Gasteiger partial charge in [-0.15, -0.1) is 0 Å². The van der Waals surface area contributed by atoms with E-state index in [0.29, 0.717) is 45.1 Å². The molecule has 6 heterocycles. The Morgan fingerprint density at radius 2 is 1.01 bits per heavy atom. The van der Waals surface area contributed by atoms with Crippen LogP contribution in [0.5, 0.6) is 11.5 Å². The fourth-order valence-corrected chi connectivity index (χ4v) is 28.1. The molecule has 13 heteroatoms. The summed E-state index contributed by atoms with van der Waals surface area (Å²) in [6.07, 6.45) is 11.4. The summed E-state index contributed by atoms with van der Waals surface area (Å²) in [5, 5.41) is 14.5. The van der Waals surface area contributed by atoms with Crippen LogP contribution in [0, 0.1) is 41.1 Å². The number of aldehydes is 1. The molecule has 2 aliphatic rings. The van der Waals surface area contributed by atoms with Crippen LogP contribution in [-0.2, 0) is 17.9 Å². The first kappa shape index (κ1) is 62.3. The Morgan fingerprint density at radius 1 is 0.610 bits per heavy atom. The minimum atomic E-state index is -1.95. The molecule has 0 amide bonds. The molecule has 10 nitrogen and oxygen atoms in total. The number of nitrogens with zero attached hydrogens (tertiary/aromatic N) is 6. The lowest BCUT2D eigenvalue weighted by Crippen LogP contribution is -2.51. The third-order valence-electron chi connectivity index (χ3n) is 18.4. The molecule has 2 aliphatic heterocycles. The molecule has 0 radical (unpaired) electrons. The van der Waals surface area contributed by atoms with Crippen molar-refractivity contribution in [2.75, 3.05) is 40.4 Å². The van der Waals surface area contributed by atoms with E-state index in [2.05, 4.69) is 200 Å². The summed E-state index contributed by atoms with van der Waals surface area (Å²) in [5.41, 5.74) is 12.1. The highest BCUT2D eigenvalue weighted by Gasteiger charge is 2.47. The number of halogens is 1. The number of aliphatic hydroxyl groups excluding tert-OH is 1. The highest BCUT2D eigenvalue weighted by atomic mass is 127. The number of aryl methyl sites for hydroxylation is 2. The van der Waals surface area contributed by atoms with Gasteiger partial charge in [0.25, 0.3) is 0 Å². The number of hydrogen-bond acceptors (Lipinski definition) is 8. The zero-order chi connectivity index (χ0) is 56.7. The van der Waals surface area contributed by atoms with E-state index in [4.69, 9.17) is 19.4 Å². The number of methoxy groups -OCH3 is 2. The number of rotatable bonds is 17. The number of carbonyl (C=O) groups is 1. The normalized spacial score (nSPS) is 19.3. The first-order chi connectivity index (χ1) is 36.5. The number of ether oxygens (including phenoxy) is 2. The molecule has 2 aromatic carbocycles. The Morgan fingerprint density at radius 3 is 1.44 bits per heavy atom. The number of hydrogen-bond donors (Lipinski definition) is 1. The van der Waals surface area contributed by atoms with Crippen LogP contribution in [0.2, 0.25) is 33.2 Å². The average Bonchev–Trinajstić information content (AvgIpc) is 4.09. The molecule has 1 unspecified atom stereocenters. The number of carbonyl (C=O) groups excluding carboxylic acids is 1. The lowest BCUT2D eigenvalue weighted by molar-refractivity contribution is -0.114. The number of aromatic nitrogens is 4. The van der Waals surface area contributed by atoms with Crippen LogP contribution in [0.3, 0.4) is 0 Å². The van der Waals surface area contributed by atoms with Gasteiger partial charge in [0.15, 0.2) is 16.5 Å². The van der Waals surface area contributed by atoms with Crippen molar-refractivity contribution in [2.24, 2.45) is 23.7 Å². The van der Waals surface area contributed by atoms with Crippen molar-refractivity contribution in [3.63, 3.8) is 0 Å². The molecule has 0 bridgehead atoms. The Balaban J connectivity index is 0.000000207. The van der Waals surface area contributed by atoms with Gasteiger partial charge in [0.05, 0.1) is 20.3 Å². The van der Waals surface area contributed by atoms with E-state index in [1.54, 1.807) is 14.2 Å². The van der Waals surface area contributed by atoms with Crippen LogP contribution in [0.1, 0.15) is 144 Å². The number of fused-ring (bicyclic) bond motifs is 2. The lowest BCUT2D eigenvalue weighted by atomic mass is 9.79. The van der Waals surface area contributed by atoms with E-state index in [9.17, 15) is 9.90 Å². The monoisotopic (exact) mass is 1200 g/mol. The van der Waals surface area contributed by atoms with Crippen LogP contribution in [0.25, 0.3) is 22.1 Å². The minimum Gasteiger partial charge on any atom is -0.497 e. The van der Waals surface area contributed by atoms with E-state index < -0.39 is 22.6 Å². The lowest BCUT2D eigenvalue weighted by Gasteiger charge is -2.44. The van der Waals surface area contributed by atoms with Crippen LogP contribution in [-0.4, -0.2) is 96.5 Å². The quantitative estimate of drug-likeness (QED) is 0.0548. The zero-order valence-corrected chi connectivity index (χ0v) is 54.6. The number of aliphatic hydroxyl groups is 1. The van der Waals surface area contributed by atoms with E-state index in [1.165, 1.54) is 31.3 Å². The molecular formula is C64H97IN6O4Si2. The van der Waals surface area contributed by atoms with E-state index in [-0.39, 0.29) is 11.8 Å². The standard InChI is InChI=1S/C32H49N3O2Si.C17H27IN2Si.C15H21NO2/c1-21(2)38(22(3)4,23(5)6)35-17-15-28-30(25(8)18-33-32(28)35)31(36)29-20-34(16-14-24(29)7)19-26-10-12-27(37-9)13-11-26;1-11(2)21(12(3)4,13(5)6)20-9-8-15-16(18)14(7)10-19-17(15)20;1-12-7-8-16(10-14(12)11-17)9-13-3-5-15(18-2)6-4-13/h10-13,15,17-18,21-24,29,31,36H,14,16,19-20H2,1-9H3;8-13H,1-7H3;3-6,11-12,14H,7-10H2,1-2H3/t24-,29+,31?;;12-,14-/m0.0/s1. The third kappa shape index (κ3) is 13.2. The summed E-state index contributed by atoms with van der Waals surface area (Å²) in [6, 6.07) is 21.0. The average molecular weight is 1200 g/mol. The van der Waals surface area contributed by atoms with Gasteiger partial charge in [-0.25, -0.2) is 9.97 Å². The molecule has 422 valence electrons. The maximum atomic E-state index is 12.0. The Kier molecular flexibility index (Phi) is 21.9. The van der Waals surface area contributed by atoms with Gasteiger partial charge in [0.1, 0.15) is 29.1 Å². The van der Waals surface area contributed by atoms with Crippen molar-refractivity contribution < 1.29 is 19.4 Å². The SMILES string of the molecule is COc1ccc(CN2CC[C@H](C)[C@H](C(O)c3c(C)cnc4c3ccn4[Si](C(C)C)(C(C)C)C(C)C)C2)cc1.COc1ccc(CN2CC[C@H](C)[C@H](C=O)C2)cc1.Cc1cnc2c(ccn2[Si](C(C)C)(C(C)C)C(C)C)c1I. The molecule has 5 atom stereocenters. The van der Waals surface area contributed by atoms with Crippen LogP contribution < -0.4 is 9.47 Å². The van der Waals surface area contributed by atoms with Gasteiger partial charge >= 0.3 is 0 Å². The van der Waals surface area contributed by atoms with Crippen molar-refractivity contribution in [1.82, 2.24) is 28.2 Å². The van der Waals surface area contributed by atoms with Crippen molar-refractivity contribution >= 4 is 67.4 Å². The predicted octanol–water partition coefficient (Wildman–Crippen LogP) is 15.9. The highest BCUT2D eigenvalue weighted by Crippen LogP contribution is 2.47. The zero-order valence-electron chi connectivity index (χ0n) is 50.4. The smallest absolute Gasteiger partial charge is 0.171 e. The number of piperidine rings is 2. The van der Waals surface area contributed by atoms with Gasteiger partial charge in [0.2, 0.25) is 0 Å². The summed E-state index contributed by atoms with van der Waals surface area (Å²) in [5.74, 6) is 3.12. The summed E-state index contributed by atoms with van der Waals surface area (Å²) in [6.45, 7) is 43.2. The molecule has 2 saturated heterocycles. The van der Waals surface area contributed by atoms with Gasteiger partial charge in [-0.1, -0.05) is 121 Å². The van der Waals surface area contributed by atoms with Crippen molar-refractivity contribution in [2.45, 2.75) is 176 Å². The maximum absolute atomic E-state index is 12.0. The highest BCUT2D eigenvalue weighted by molar-refractivity contribution is 14.1. The van der Waals surface area contributed by atoms with E-state index in [1.807, 2.05) is 36.7 Å². The minimum absolute atomic E-state index is 0.178. The predicted molar refractivity (Wildman–Crippen MR) is 337 cm³/mol. The van der Waals surface area contributed by atoms with Crippen molar-refractivity contribution in [1.29, 1.82) is 0 Å². The largest absolute Gasteiger partial charge is 0.497 e. The van der Waals surface area contributed by atoms with Crippen LogP contribution >= 0.6 is 22.6 Å². The van der Waals surface area contributed by atoms with Gasteiger partial charge in [-0.3, -0.25) is 9.80 Å². The molecular weight excluding hydrogens is 1100 g/mol. The molecule has 6 aromatic rings. The summed E-state index contributed by atoms with van der Waals surface area (Å²) in [7, 11) is -0.275. The topological polar surface area (TPSA) is 97.9 Å². The molecule has 0 spiro atoms. The fourth-order valence-electron chi connectivity index (χ4n) is 14.5. The maximum Gasteiger partial charge on any atom is 0.171 e. The van der Waals surface area contributed by atoms with Gasteiger partial charge in [-0.2, -0.15) is 0 Å². The van der Waals surface area contributed by atoms with Gasteiger partial charge in [-0.05, 0) is 184 Å². The summed E-state index contributed by atoms with van der Waals surface area (Å²) in [4.78, 5) is 25.7. The summed E-state index contributed by atoms with van der Waals surface area (Å²) >= 11 is 2.46. The second kappa shape index (κ2) is 27.1. The molecule has 0 saturated carbocycles.